The number of amides is 1. The van der Waals surface area contributed by atoms with Gasteiger partial charge in [-0.05, 0) is 36.8 Å². The molecule has 0 N–H and O–H groups in total. The largest absolute Gasteiger partial charge is 0.280 e. The van der Waals surface area contributed by atoms with Gasteiger partial charge in [-0.15, -0.1) is 0 Å². The summed E-state index contributed by atoms with van der Waals surface area (Å²) >= 11 is 11.9. The Kier molecular flexibility index (Phi) is 4.57. The zero-order valence-corrected chi connectivity index (χ0v) is 14.5. The van der Waals surface area contributed by atoms with E-state index in [9.17, 15) is 14.9 Å². The second-order valence-corrected chi connectivity index (χ2v) is 6.13. The molecule has 0 saturated carbocycles. The van der Waals surface area contributed by atoms with Gasteiger partial charge >= 0.3 is 0 Å². The maximum atomic E-state index is 12.7. The predicted molar refractivity (Wildman–Crippen MR) is 98.1 cm³/mol. The minimum atomic E-state index is -0.485. The standard InChI is InChI=1S/C17H11Cl2N3O3/c1-10-14(8-11-3-2-4-13(7-11)22(24)25)17(23)21(20-10)12-5-6-15(18)16(19)9-12/h2-9H,1H3/b14-8+. The van der Waals surface area contributed by atoms with E-state index in [0.29, 0.717) is 32.6 Å². The van der Waals surface area contributed by atoms with E-state index >= 15 is 0 Å². The Balaban J connectivity index is 1.96. The molecule has 1 amide bonds. The van der Waals surface area contributed by atoms with Crippen molar-refractivity contribution >= 4 is 52.3 Å². The highest BCUT2D eigenvalue weighted by molar-refractivity contribution is 6.42. The maximum absolute atomic E-state index is 12.7. The molecule has 0 bridgehead atoms. The summed E-state index contributed by atoms with van der Waals surface area (Å²) in [6.07, 6.45) is 1.58. The van der Waals surface area contributed by atoms with E-state index in [1.165, 1.54) is 17.1 Å². The first-order chi connectivity index (χ1) is 11.9. The highest BCUT2D eigenvalue weighted by atomic mass is 35.5. The summed E-state index contributed by atoms with van der Waals surface area (Å²) < 4.78 is 0. The predicted octanol–water partition coefficient (Wildman–Crippen LogP) is 4.71. The summed E-state index contributed by atoms with van der Waals surface area (Å²) in [5.74, 6) is -0.345. The number of non-ortho nitro benzene ring substituents is 1. The third-order valence-electron chi connectivity index (χ3n) is 3.60. The van der Waals surface area contributed by atoms with Gasteiger partial charge in [0.25, 0.3) is 11.6 Å². The van der Waals surface area contributed by atoms with Crippen LogP contribution in [0.15, 0.2) is 53.1 Å². The average molecular weight is 376 g/mol. The van der Waals surface area contributed by atoms with Crippen molar-refractivity contribution in [1.29, 1.82) is 0 Å². The molecule has 0 fully saturated rings. The Morgan fingerprint density at radius 1 is 1.16 bits per heavy atom. The van der Waals surface area contributed by atoms with Crippen LogP contribution >= 0.6 is 23.2 Å². The first-order valence-corrected chi connectivity index (χ1v) is 7.93. The van der Waals surface area contributed by atoms with Crippen molar-refractivity contribution in [2.24, 2.45) is 5.10 Å². The quantitative estimate of drug-likeness (QED) is 0.442. The van der Waals surface area contributed by atoms with E-state index in [2.05, 4.69) is 5.10 Å². The number of hydrogen-bond acceptors (Lipinski definition) is 4. The van der Waals surface area contributed by atoms with Crippen molar-refractivity contribution in [2.45, 2.75) is 6.92 Å². The second-order valence-electron chi connectivity index (χ2n) is 5.31. The molecule has 2 aromatic rings. The van der Waals surface area contributed by atoms with Crippen molar-refractivity contribution in [2.75, 3.05) is 5.01 Å². The first-order valence-electron chi connectivity index (χ1n) is 7.18. The Hall–Kier alpha value is -2.70. The number of carbonyl (C=O) groups is 1. The van der Waals surface area contributed by atoms with Crippen LogP contribution in [0.5, 0.6) is 0 Å². The molecule has 126 valence electrons. The van der Waals surface area contributed by atoms with Crippen LogP contribution in [0.4, 0.5) is 11.4 Å². The Morgan fingerprint density at radius 2 is 1.92 bits per heavy atom. The van der Waals surface area contributed by atoms with Gasteiger partial charge in [-0.3, -0.25) is 14.9 Å². The normalized spacial score (nSPS) is 15.6. The number of carbonyl (C=O) groups excluding carboxylic acids is 1. The Labute approximate surface area is 153 Å². The van der Waals surface area contributed by atoms with Crippen molar-refractivity contribution in [1.82, 2.24) is 0 Å². The highest BCUT2D eigenvalue weighted by Gasteiger charge is 2.29. The van der Waals surface area contributed by atoms with Gasteiger partial charge < -0.3 is 0 Å². The van der Waals surface area contributed by atoms with E-state index in [-0.39, 0.29) is 11.6 Å². The van der Waals surface area contributed by atoms with E-state index in [4.69, 9.17) is 23.2 Å². The van der Waals surface area contributed by atoms with Crippen LogP contribution < -0.4 is 5.01 Å². The third-order valence-corrected chi connectivity index (χ3v) is 4.34. The minimum Gasteiger partial charge on any atom is -0.267 e. The van der Waals surface area contributed by atoms with Gasteiger partial charge in [0.15, 0.2) is 0 Å². The summed E-state index contributed by atoms with van der Waals surface area (Å²) in [5, 5.41) is 17.0. The molecule has 0 spiro atoms. The summed E-state index contributed by atoms with van der Waals surface area (Å²) in [6, 6.07) is 10.8. The lowest BCUT2D eigenvalue weighted by molar-refractivity contribution is -0.384. The number of rotatable bonds is 3. The molecular weight excluding hydrogens is 365 g/mol. The molecule has 1 aliphatic heterocycles. The monoisotopic (exact) mass is 375 g/mol. The zero-order chi connectivity index (χ0) is 18.1. The SMILES string of the molecule is CC1=NN(c2ccc(Cl)c(Cl)c2)C(=O)/C1=C/c1cccc([N+](=O)[O-])c1. The van der Waals surface area contributed by atoms with Gasteiger partial charge in [0.1, 0.15) is 0 Å². The van der Waals surface area contributed by atoms with Gasteiger partial charge in [0, 0.05) is 12.1 Å². The number of anilines is 1. The lowest BCUT2D eigenvalue weighted by atomic mass is 10.1. The Morgan fingerprint density at radius 3 is 2.60 bits per heavy atom. The summed E-state index contributed by atoms with van der Waals surface area (Å²) in [7, 11) is 0. The number of hydrogen-bond donors (Lipinski definition) is 0. The molecule has 6 nitrogen and oxygen atoms in total. The fourth-order valence-electron chi connectivity index (χ4n) is 2.37. The number of nitro groups is 1. The highest BCUT2D eigenvalue weighted by Crippen LogP contribution is 2.31. The van der Waals surface area contributed by atoms with Crippen molar-refractivity contribution < 1.29 is 9.72 Å². The van der Waals surface area contributed by atoms with Gasteiger partial charge in [-0.1, -0.05) is 35.3 Å². The third kappa shape index (κ3) is 3.40. The molecule has 2 aromatic carbocycles. The van der Waals surface area contributed by atoms with Gasteiger partial charge in [-0.2, -0.15) is 10.1 Å². The maximum Gasteiger partial charge on any atom is 0.280 e. The molecule has 0 aromatic heterocycles. The molecule has 0 atom stereocenters. The molecule has 3 rings (SSSR count). The van der Waals surface area contributed by atoms with Gasteiger partial charge in [0.05, 0.1) is 31.9 Å². The van der Waals surface area contributed by atoms with Gasteiger partial charge in [-0.25, -0.2) is 0 Å². The number of hydrazone groups is 1. The lowest BCUT2D eigenvalue weighted by Gasteiger charge is -2.12. The molecule has 1 aliphatic rings. The van der Waals surface area contributed by atoms with Crippen LogP contribution in [0.25, 0.3) is 6.08 Å². The summed E-state index contributed by atoms with van der Waals surface area (Å²) in [5.41, 5.74) is 1.84. The van der Waals surface area contributed by atoms with Crippen LogP contribution in [-0.2, 0) is 4.79 Å². The fourth-order valence-corrected chi connectivity index (χ4v) is 2.66. The van der Waals surface area contributed by atoms with Crippen LogP contribution in [-0.4, -0.2) is 16.5 Å². The van der Waals surface area contributed by atoms with Gasteiger partial charge in [0.2, 0.25) is 0 Å². The number of benzene rings is 2. The van der Waals surface area contributed by atoms with Crippen LogP contribution in [0, 0.1) is 10.1 Å². The van der Waals surface area contributed by atoms with Crippen LogP contribution in [0.2, 0.25) is 10.0 Å². The van der Waals surface area contributed by atoms with Crippen molar-refractivity contribution in [3.05, 3.63) is 73.8 Å². The molecule has 0 radical (unpaired) electrons. The van der Waals surface area contributed by atoms with Crippen LogP contribution in [0.3, 0.4) is 0 Å². The molecule has 0 unspecified atom stereocenters. The average Bonchev–Trinajstić information content (AvgIpc) is 2.86. The van der Waals surface area contributed by atoms with Crippen molar-refractivity contribution in [3.8, 4) is 0 Å². The molecular formula is C17H11Cl2N3O3. The fraction of sp³-hybridized carbons (Fsp3) is 0.0588. The van der Waals surface area contributed by atoms with E-state index in [1.54, 1.807) is 43.3 Å². The topological polar surface area (TPSA) is 75.8 Å². The van der Waals surface area contributed by atoms with E-state index in [1.807, 2.05) is 0 Å². The molecule has 0 aliphatic carbocycles. The Bertz CT molecular complexity index is 954. The second kappa shape index (κ2) is 6.66. The van der Waals surface area contributed by atoms with Crippen molar-refractivity contribution in [3.63, 3.8) is 0 Å². The molecule has 0 saturated heterocycles. The molecule has 1 heterocycles. The smallest absolute Gasteiger partial charge is 0.267 e. The first kappa shape index (κ1) is 17.1. The molecule has 25 heavy (non-hydrogen) atoms. The summed E-state index contributed by atoms with van der Waals surface area (Å²) in [4.78, 5) is 23.1. The number of nitro benzene ring substituents is 1. The summed E-state index contributed by atoms with van der Waals surface area (Å²) in [6.45, 7) is 1.69. The number of nitrogens with zero attached hydrogens (tertiary/aromatic N) is 3. The molecule has 8 heteroatoms. The number of halogens is 2. The zero-order valence-electron chi connectivity index (χ0n) is 12.9. The van der Waals surface area contributed by atoms with E-state index in [0.717, 1.165) is 0 Å². The lowest BCUT2D eigenvalue weighted by Crippen LogP contribution is -2.21. The minimum absolute atomic E-state index is 0.0456. The van der Waals surface area contributed by atoms with Crippen LogP contribution in [0.1, 0.15) is 12.5 Å². The van der Waals surface area contributed by atoms with E-state index < -0.39 is 4.92 Å².